The SMILES string of the molecule is CCCCN1OCCC1=O.Cl. The van der Waals surface area contributed by atoms with Crippen molar-refractivity contribution in [3.63, 3.8) is 0 Å². The number of halogens is 1. The van der Waals surface area contributed by atoms with E-state index in [4.69, 9.17) is 4.84 Å². The molecule has 4 heteroatoms. The molecular weight excluding hydrogens is 166 g/mol. The van der Waals surface area contributed by atoms with Gasteiger partial charge in [0.25, 0.3) is 0 Å². The Bertz CT molecular complexity index is 130. The highest BCUT2D eigenvalue weighted by Crippen LogP contribution is 2.07. The quantitative estimate of drug-likeness (QED) is 0.655. The number of rotatable bonds is 3. The lowest BCUT2D eigenvalue weighted by molar-refractivity contribution is -0.161. The highest BCUT2D eigenvalue weighted by Gasteiger charge is 2.19. The zero-order valence-corrected chi connectivity index (χ0v) is 7.52. The Balaban J connectivity index is 0.000001000. The summed E-state index contributed by atoms with van der Waals surface area (Å²) in [6.45, 7) is 3.43. The average molecular weight is 180 g/mol. The fourth-order valence-electron chi connectivity index (χ4n) is 0.931. The average Bonchev–Trinajstić information content (AvgIpc) is 2.31. The van der Waals surface area contributed by atoms with Gasteiger partial charge in [-0.2, -0.15) is 0 Å². The van der Waals surface area contributed by atoms with Gasteiger partial charge in [0.1, 0.15) is 0 Å². The summed E-state index contributed by atoms with van der Waals surface area (Å²) in [6, 6.07) is 0. The highest BCUT2D eigenvalue weighted by molar-refractivity contribution is 5.85. The first kappa shape index (κ1) is 10.7. The molecule has 1 fully saturated rings. The van der Waals surface area contributed by atoms with Crippen molar-refractivity contribution in [3.8, 4) is 0 Å². The number of hydrogen-bond donors (Lipinski definition) is 0. The Morgan fingerprint density at radius 2 is 2.36 bits per heavy atom. The van der Waals surface area contributed by atoms with E-state index in [-0.39, 0.29) is 18.3 Å². The molecule has 1 saturated heterocycles. The van der Waals surface area contributed by atoms with Gasteiger partial charge in [0.15, 0.2) is 0 Å². The Morgan fingerprint density at radius 1 is 1.64 bits per heavy atom. The first-order valence-electron chi connectivity index (χ1n) is 3.78. The van der Waals surface area contributed by atoms with E-state index in [1.807, 2.05) is 0 Å². The second kappa shape index (κ2) is 5.38. The molecule has 0 radical (unpaired) electrons. The van der Waals surface area contributed by atoms with Crippen LogP contribution in [0.4, 0.5) is 0 Å². The summed E-state index contributed by atoms with van der Waals surface area (Å²) in [6.07, 6.45) is 2.70. The van der Waals surface area contributed by atoms with Crippen LogP contribution in [0, 0.1) is 0 Å². The Kier molecular flexibility index (Phi) is 5.24. The fourth-order valence-corrected chi connectivity index (χ4v) is 0.931. The van der Waals surface area contributed by atoms with Crippen LogP contribution in [0.1, 0.15) is 26.2 Å². The van der Waals surface area contributed by atoms with E-state index < -0.39 is 0 Å². The molecule has 0 saturated carbocycles. The maximum absolute atomic E-state index is 10.9. The fraction of sp³-hybridized carbons (Fsp3) is 0.857. The first-order chi connectivity index (χ1) is 4.84. The molecule has 0 aromatic heterocycles. The summed E-state index contributed by atoms with van der Waals surface area (Å²) in [7, 11) is 0. The molecule has 1 heterocycles. The van der Waals surface area contributed by atoms with Crippen LogP contribution in [0.3, 0.4) is 0 Å². The van der Waals surface area contributed by atoms with Crippen LogP contribution >= 0.6 is 12.4 Å². The van der Waals surface area contributed by atoms with E-state index in [9.17, 15) is 4.79 Å². The summed E-state index contributed by atoms with van der Waals surface area (Å²) >= 11 is 0. The van der Waals surface area contributed by atoms with Crippen molar-refractivity contribution in [2.24, 2.45) is 0 Å². The van der Waals surface area contributed by atoms with Gasteiger partial charge in [-0.15, -0.1) is 12.4 Å². The van der Waals surface area contributed by atoms with E-state index in [2.05, 4.69) is 6.92 Å². The molecule has 0 aromatic carbocycles. The van der Waals surface area contributed by atoms with E-state index >= 15 is 0 Å². The third kappa shape index (κ3) is 3.08. The van der Waals surface area contributed by atoms with Crippen molar-refractivity contribution in [2.75, 3.05) is 13.2 Å². The van der Waals surface area contributed by atoms with Gasteiger partial charge < -0.3 is 0 Å². The van der Waals surface area contributed by atoms with E-state index in [1.54, 1.807) is 0 Å². The van der Waals surface area contributed by atoms with Crippen molar-refractivity contribution in [3.05, 3.63) is 0 Å². The smallest absolute Gasteiger partial charge is 0.248 e. The predicted octanol–water partition coefficient (Wildman–Crippen LogP) is 1.37. The third-order valence-electron chi connectivity index (χ3n) is 1.56. The molecule has 3 nitrogen and oxygen atoms in total. The topological polar surface area (TPSA) is 29.5 Å². The Morgan fingerprint density at radius 3 is 2.82 bits per heavy atom. The van der Waals surface area contributed by atoms with Gasteiger partial charge in [0, 0.05) is 6.54 Å². The largest absolute Gasteiger partial charge is 0.272 e. The van der Waals surface area contributed by atoms with Crippen molar-refractivity contribution in [1.29, 1.82) is 0 Å². The summed E-state index contributed by atoms with van der Waals surface area (Å²) in [4.78, 5) is 15.9. The Labute approximate surface area is 73.1 Å². The molecule has 0 N–H and O–H groups in total. The monoisotopic (exact) mass is 179 g/mol. The minimum absolute atomic E-state index is 0. The van der Waals surface area contributed by atoms with Crippen LogP contribution in [0.25, 0.3) is 0 Å². The van der Waals surface area contributed by atoms with Gasteiger partial charge in [0.05, 0.1) is 13.0 Å². The van der Waals surface area contributed by atoms with Gasteiger partial charge in [-0.25, -0.2) is 5.06 Å². The number of hydrogen-bond acceptors (Lipinski definition) is 2. The van der Waals surface area contributed by atoms with Crippen LogP contribution in [-0.2, 0) is 9.63 Å². The minimum atomic E-state index is 0. The van der Waals surface area contributed by atoms with Gasteiger partial charge in [0.2, 0.25) is 5.91 Å². The van der Waals surface area contributed by atoms with Crippen molar-refractivity contribution in [1.82, 2.24) is 5.06 Å². The molecule has 66 valence electrons. The molecule has 0 spiro atoms. The summed E-state index contributed by atoms with van der Waals surface area (Å²) in [5.41, 5.74) is 0. The number of hydroxylamine groups is 2. The Hall–Kier alpha value is -0.280. The number of carbonyl (C=O) groups excluding carboxylic acids is 1. The van der Waals surface area contributed by atoms with Crippen molar-refractivity contribution < 1.29 is 9.63 Å². The minimum Gasteiger partial charge on any atom is -0.272 e. The zero-order valence-electron chi connectivity index (χ0n) is 6.71. The van der Waals surface area contributed by atoms with Crippen LogP contribution in [0.15, 0.2) is 0 Å². The summed E-state index contributed by atoms with van der Waals surface area (Å²) < 4.78 is 0. The standard InChI is InChI=1S/C7H13NO2.ClH/c1-2-3-5-8-7(9)4-6-10-8;/h2-6H2,1H3;1H. The van der Waals surface area contributed by atoms with Crippen molar-refractivity contribution >= 4 is 18.3 Å². The molecule has 1 rings (SSSR count). The molecule has 0 aliphatic carbocycles. The number of nitrogens with zero attached hydrogens (tertiary/aromatic N) is 1. The third-order valence-corrected chi connectivity index (χ3v) is 1.56. The lowest BCUT2D eigenvalue weighted by atomic mass is 10.3. The molecule has 0 bridgehead atoms. The number of amides is 1. The summed E-state index contributed by atoms with van der Waals surface area (Å²) in [5, 5.41) is 1.48. The molecule has 0 unspecified atom stereocenters. The molecule has 1 amide bonds. The zero-order chi connectivity index (χ0) is 7.40. The van der Waals surface area contributed by atoms with Crippen LogP contribution in [0.5, 0.6) is 0 Å². The van der Waals surface area contributed by atoms with Crippen molar-refractivity contribution in [2.45, 2.75) is 26.2 Å². The first-order valence-corrected chi connectivity index (χ1v) is 3.78. The lowest BCUT2D eigenvalue weighted by Gasteiger charge is -2.12. The van der Waals surface area contributed by atoms with Crippen LogP contribution in [-0.4, -0.2) is 24.1 Å². The maximum Gasteiger partial charge on any atom is 0.248 e. The van der Waals surface area contributed by atoms with E-state index in [1.165, 1.54) is 5.06 Å². The van der Waals surface area contributed by atoms with Gasteiger partial charge >= 0.3 is 0 Å². The molecular formula is C7H14ClNO2. The maximum atomic E-state index is 10.9. The molecule has 0 atom stereocenters. The highest BCUT2D eigenvalue weighted by atomic mass is 35.5. The number of unbranched alkanes of at least 4 members (excludes halogenated alkanes) is 1. The second-order valence-electron chi connectivity index (χ2n) is 2.43. The summed E-state index contributed by atoms with van der Waals surface area (Å²) in [5.74, 6) is 0.133. The van der Waals surface area contributed by atoms with Gasteiger partial charge in [-0.3, -0.25) is 9.63 Å². The van der Waals surface area contributed by atoms with Gasteiger partial charge in [-0.05, 0) is 6.42 Å². The molecule has 1 aliphatic rings. The lowest BCUT2D eigenvalue weighted by Crippen LogP contribution is -2.24. The molecule has 0 aromatic rings. The van der Waals surface area contributed by atoms with Crippen LogP contribution < -0.4 is 0 Å². The number of carbonyl (C=O) groups is 1. The predicted molar refractivity (Wildman–Crippen MR) is 44.4 cm³/mol. The van der Waals surface area contributed by atoms with Gasteiger partial charge in [-0.1, -0.05) is 13.3 Å². The molecule has 11 heavy (non-hydrogen) atoms. The van der Waals surface area contributed by atoms with E-state index in [0.29, 0.717) is 13.0 Å². The normalized spacial score (nSPS) is 16.8. The second-order valence-corrected chi connectivity index (χ2v) is 2.43. The van der Waals surface area contributed by atoms with E-state index in [0.717, 1.165) is 19.4 Å². The molecule has 1 aliphatic heterocycles. The van der Waals surface area contributed by atoms with Crippen LogP contribution in [0.2, 0.25) is 0 Å².